The maximum absolute atomic E-state index is 6.20. The Kier molecular flexibility index (Phi) is 7.18. The summed E-state index contributed by atoms with van der Waals surface area (Å²) < 4.78 is 12.0. The third-order valence-corrected chi connectivity index (χ3v) is 5.94. The molecular weight excluding hydrogens is 288 g/mol. The summed E-state index contributed by atoms with van der Waals surface area (Å²) in [7, 11) is 0. The lowest BCUT2D eigenvalue weighted by molar-refractivity contribution is -0.0135. The highest BCUT2D eigenvalue weighted by atomic mass is 16.5. The van der Waals surface area contributed by atoms with Crippen LogP contribution in [0.1, 0.15) is 51.9 Å². The largest absolute Gasteiger partial charge is 0.377 e. The molecule has 0 aromatic carbocycles. The molecule has 23 heavy (non-hydrogen) atoms. The van der Waals surface area contributed by atoms with Gasteiger partial charge in [0.15, 0.2) is 0 Å². The molecule has 0 aromatic rings. The van der Waals surface area contributed by atoms with Gasteiger partial charge in [-0.3, -0.25) is 9.80 Å². The van der Waals surface area contributed by atoms with Crippen molar-refractivity contribution in [3.05, 3.63) is 0 Å². The highest BCUT2D eigenvalue weighted by molar-refractivity contribution is 4.76. The SMILES string of the molecule is C[C@@H]1CCCC[C@@H]1OCCN1CCCN(C[C@H]2CCCO2)CC1. The monoisotopic (exact) mass is 324 g/mol. The van der Waals surface area contributed by atoms with E-state index in [2.05, 4.69) is 16.7 Å². The molecule has 0 radical (unpaired) electrons. The van der Waals surface area contributed by atoms with Gasteiger partial charge in [0.05, 0.1) is 18.8 Å². The van der Waals surface area contributed by atoms with Crippen molar-refractivity contribution in [2.75, 3.05) is 52.5 Å². The van der Waals surface area contributed by atoms with Gasteiger partial charge < -0.3 is 9.47 Å². The maximum Gasteiger partial charge on any atom is 0.0702 e. The number of nitrogens with zero attached hydrogens (tertiary/aromatic N) is 2. The molecule has 3 aliphatic rings. The van der Waals surface area contributed by atoms with Crippen LogP contribution in [-0.2, 0) is 9.47 Å². The molecular formula is C19H36N2O2. The van der Waals surface area contributed by atoms with Gasteiger partial charge in [-0.25, -0.2) is 0 Å². The van der Waals surface area contributed by atoms with Crippen LogP contribution in [0, 0.1) is 5.92 Å². The van der Waals surface area contributed by atoms with Gasteiger partial charge in [-0.15, -0.1) is 0 Å². The fraction of sp³-hybridized carbons (Fsp3) is 1.00. The summed E-state index contributed by atoms with van der Waals surface area (Å²) >= 11 is 0. The molecule has 134 valence electrons. The molecule has 0 bridgehead atoms. The van der Waals surface area contributed by atoms with Crippen molar-refractivity contribution in [2.24, 2.45) is 5.92 Å². The van der Waals surface area contributed by atoms with E-state index in [9.17, 15) is 0 Å². The number of rotatable bonds is 6. The van der Waals surface area contributed by atoms with Gasteiger partial charge in [-0.2, -0.15) is 0 Å². The van der Waals surface area contributed by atoms with Crippen LogP contribution in [0.4, 0.5) is 0 Å². The van der Waals surface area contributed by atoms with Gasteiger partial charge in [-0.1, -0.05) is 19.8 Å². The molecule has 0 spiro atoms. The van der Waals surface area contributed by atoms with E-state index in [1.807, 2.05) is 0 Å². The van der Waals surface area contributed by atoms with Crippen LogP contribution >= 0.6 is 0 Å². The molecule has 0 aromatic heterocycles. The molecule has 3 rings (SSSR count). The van der Waals surface area contributed by atoms with Crippen molar-refractivity contribution < 1.29 is 9.47 Å². The van der Waals surface area contributed by atoms with E-state index in [0.717, 1.165) is 32.2 Å². The Balaban J connectivity index is 1.31. The molecule has 2 saturated heterocycles. The first kappa shape index (κ1) is 17.7. The number of ether oxygens (including phenoxy) is 2. The van der Waals surface area contributed by atoms with Gasteiger partial charge in [0.1, 0.15) is 0 Å². The molecule has 2 aliphatic heterocycles. The normalized spacial score (nSPS) is 34.6. The summed E-state index contributed by atoms with van der Waals surface area (Å²) in [6.45, 7) is 11.3. The standard InChI is InChI=1S/C19H36N2O2/c1-17-6-2-3-8-19(17)23-15-13-20-9-5-10-21(12-11-20)16-18-7-4-14-22-18/h17-19H,2-16H2,1H3/t17-,18-,19+/m1/s1. The fourth-order valence-electron chi connectivity index (χ4n) is 4.37. The van der Waals surface area contributed by atoms with Gasteiger partial charge >= 0.3 is 0 Å². The van der Waals surface area contributed by atoms with E-state index in [0.29, 0.717) is 12.2 Å². The fourth-order valence-corrected chi connectivity index (χ4v) is 4.37. The average molecular weight is 325 g/mol. The molecule has 3 fully saturated rings. The molecule has 1 saturated carbocycles. The third kappa shape index (κ3) is 5.70. The van der Waals surface area contributed by atoms with Gasteiger partial charge in [-0.05, 0) is 51.1 Å². The first-order valence-electron chi connectivity index (χ1n) is 9.99. The lowest BCUT2D eigenvalue weighted by Gasteiger charge is -2.30. The van der Waals surface area contributed by atoms with Crippen LogP contribution in [0.15, 0.2) is 0 Å². The Morgan fingerprint density at radius 3 is 2.57 bits per heavy atom. The van der Waals surface area contributed by atoms with Gasteiger partial charge in [0.25, 0.3) is 0 Å². The summed E-state index contributed by atoms with van der Waals surface area (Å²) in [4.78, 5) is 5.21. The van der Waals surface area contributed by atoms with Crippen LogP contribution < -0.4 is 0 Å². The molecule has 4 heteroatoms. The maximum atomic E-state index is 6.20. The van der Waals surface area contributed by atoms with E-state index >= 15 is 0 Å². The van der Waals surface area contributed by atoms with Gasteiger partial charge in [0.2, 0.25) is 0 Å². The van der Waals surface area contributed by atoms with Crippen molar-refractivity contribution in [2.45, 2.75) is 64.1 Å². The van der Waals surface area contributed by atoms with Crippen LogP contribution in [0.25, 0.3) is 0 Å². The lowest BCUT2D eigenvalue weighted by atomic mass is 9.88. The Bertz CT molecular complexity index is 333. The second-order valence-electron chi connectivity index (χ2n) is 7.80. The van der Waals surface area contributed by atoms with Crippen molar-refractivity contribution in [3.63, 3.8) is 0 Å². The van der Waals surface area contributed by atoms with Crippen molar-refractivity contribution in [1.82, 2.24) is 9.80 Å². The Hall–Kier alpha value is -0.160. The third-order valence-electron chi connectivity index (χ3n) is 5.94. The predicted molar refractivity (Wildman–Crippen MR) is 93.8 cm³/mol. The molecule has 3 atom stereocenters. The molecule has 4 nitrogen and oxygen atoms in total. The zero-order valence-electron chi connectivity index (χ0n) is 15.0. The highest BCUT2D eigenvalue weighted by Crippen LogP contribution is 2.26. The topological polar surface area (TPSA) is 24.9 Å². The van der Waals surface area contributed by atoms with E-state index in [1.165, 1.54) is 71.1 Å². The smallest absolute Gasteiger partial charge is 0.0702 e. The molecule has 1 aliphatic carbocycles. The minimum Gasteiger partial charge on any atom is -0.377 e. The Morgan fingerprint density at radius 2 is 1.74 bits per heavy atom. The highest BCUT2D eigenvalue weighted by Gasteiger charge is 2.23. The van der Waals surface area contributed by atoms with E-state index in [4.69, 9.17) is 9.47 Å². The minimum atomic E-state index is 0.498. The van der Waals surface area contributed by atoms with Crippen molar-refractivity contribution in [3.8, 4) is 0 Å². The van der Waals surface area contributed by atoms with Crippen molar-refractivity contribution >= 4 is 0 Å². The lowest BCUT2D eigenvalue weighted by Crippen LogP contribution is -2.37. The summed E-state index contributed by atoms with van der Waals surface area (Å²) in [6.07, 6.45) is 10.2. The minimum absolute atomic E-state index is 0.498. The first-order valence-corrected chi connectivity index (χ1v) is 9.99. The van der Waals surface area contributed by atoms with E-state index in [-0.39, 0.29) is 0 Å². The predicted octanol–water partition coefficient (Wildman–Crippen LogP) is 2.77. The van der Waals surface area contributed by atoms with Gasteiger partial charge in [0, 0.05) is 32.8 Å². The Labute approximate surface area is 142 Å². The van der Waals surface area contributed by atoms with Crippen molar-refractivity contribution in [1.29, 1.82) is 0 Å². The molecule has 0 unspecified atom stereocenters. The van der Waals surface area contributed by atoms with E-state index < -0.39 is 0 Å². The summed E-state index contributed by atoms with van der Waals surface area (Å²) in [5.74, 6) is 0.759. The zero-order valence-corrected chi connectivity index (χ0v) is 15.0. The average Bonchev–Trinajstić information content (AvgIpc) is 2.96. The van der Waals surface area contributed by atoms with E-state index in [1.54, 1.807) is 0 Å². The summed E-state index contributed by atoms with van der Waals surface area (Å²) in [5.41, 5.74) is 0. The first-order chi connectivity index (χ1) is 11.3. The Morgan fingerprint density at radius 1 is 0.913 bits per heavy atom. The number of hydrogen-bond donors (Lipinski definition) is 0. The molecule has 2 heterocycles. The zero-order chi connectivity index (χ0) is 15.9. The quantitative estimate of drug-likeness (QED) is 0.750. The summed E-state index contributed by atoms with van der Waals surface area (Å²) in [5, 5.41) is 0. The van der Waals surface area contributed by atoms with Crippen LogP contribution in [-0.4, -0.2) is 74.5 Å². The molecule has 0 N–H and O–H groups in total. The molecule has 0 amide bonds. The van der Waals surface area contributed by atoms with Crippen LogP contribution in [0.5, 0.6) is 0 Å². The van der Waals surface area contributed by atoms with Crippen LogP contribution in [0.3, 0.4) is 0 Å². The second-order valence-corrected chi connectivity index (χ2v) is 7.80. The number of hydrogen-bond acceptors (Lipinski definition) is 4. The van der Waals surface area contributed by atoms with Crippen LogP contribution in [0.2, 0.25) is 0 Å². The summed E-state index contributed by atoms with van der Waals surface area (Å²) in [6, 6.07) is 0. The second kappa shape index (κ2) is 9.36.